The number of likely N-dealkylation sites (tertiary alicyclic amines) is 1. The van der Waals surface area contributed by atoms with E-state index in [9.17, 15) is 39.6 Å². The molecule has 0 radical (unpaired) electrons. The van der Waals surface area contributed by atoms with Crippen LogP contribution in [0.2, 0.25) is 0 Å². The molecule has 0 spiro atoms. The number of phenolic OH excluding ortho intramolecular Hbond substituents is 1. The summed E-state index contributed by atoms with van der Waals surface area (Å²) in [7, 11) is 6.68. The van der Waals surface area contributed by atoms with E-state index in [0.29, 0.717) is 11.3 Å². The number of Topliss-reactive ketones (excluding diaryl/α,β-unsaturated/α-hetero) is 2. The van der Waals surface area contributed by atoms with Crippen molar-refractivity contribution in [3.05, 3.63) is 39.9 Å². The van der Waals surface area contributed by atoms with Gasteiger partial charge in [0.05, 0.1) is 23.8 Å². The van der Waals surface area contributed by atoms with Crippen molar-refractivity contribution >= 4 is 34.8 Å². The number of ketones is 2. The van der Waals surface area contributed by atoms with E-state index < -0.39 is 63.8 Å². The number of hydrogen-bond donors (Lipinski definition) is 6. The standard InChI is InChI=1S/C30H39N5O8/c1-33(2)18-12-17(32-19(36)13-35-8-6-5-7-9-35)24(37)21-15(18)10-14-11-16-23(34(3)4)26(39)22(29(31)42)28(41)30(16,43)27(40)20(14)25(21)38/h12,14,16,23,37,39-40,43H,5-11,13H2,1-4H3,(H2,31,42)(H,32,36)/t14?,16?,23-,30-/m0/s1. The van der Waals surface area contributed by atoms with Gasteiger partial charge >= 0.3 is 0 Å². The number of hydrogen-bond acceptors (Lipinski definition) is 11. The van der Waals surface area contributed by atoms with Gasteiger partial charge < -0.3 is 36.4 Å². The monoisotopic (exact) mass is 597 g/mol. The molecular formula is C30H39N5O8. The van der Waals surface area contributed by atoms with Crippen LogP contribution in [0.5, 0.6) is 5.75 Å². The number of primary amides is 1. The lowest BCUT2D eigenvalue weighted by Gasteiger charge is -2.50. The van der Waals surface area contributed by atoms with Crippen LogP contribution >= 0.6 is 0 Å². The number of allylic oxidation sites excluding steroid dienone is 1. The number of amides is 2. The molecule has 0 saturated carbocycles. The topological polar surface area (TPSA) is 197 Å². The third-order valence-corrected chi connectivity index (χ3v) is 9.27. The number of carbonyl (C=O) groups is 4. The first kappa shape index (κ1) is 30.5. The minimum atomic E-state index is -2.72. The highest BCUT2D eigenvalue weighted by atomic mass is 16.3. The average molecular weight is 598 g/mol. The molecule has 13 nitrogen and oxygen atoms in total. The van der Waals surface area contributed by atoms with Crippen LogP contribution in [-0.4, -0.2) is 113 Å². The van der Waals surface area contributed by atoms with Crippen LogP contribution < -0.4 is 16.0 Å². The molecule has 3 aliphatic carbocycles. The predicted molar refractivity (Wildman–Crippen MR) is 157 cm³/mol. The number of nitrogens with two attached hydrogens (primary N) is 1. The molecule has 1 saturated heterocycles. The molecule has 0 aromatic heterocycles. The molecule has 4 atom stereocenters. The van der Waals surface area contributed by atoms with Crippen molar-refractivity contribution in [2.45, 2.75) is 43.7 Å². The third-order valence-electron chi connectivity index (χ3n) is 9.27. The smallest absolute Gasteiger partial charge is 0.255 e. The quantitative estimate of drug-likeness (QED) is 0.198. The predicted octanol–water partition coefficient (Wildman–Crippen LogP) is 0.611. The lowest BCUT2D eigenvalue weighted by Crippen LogP contribution is -2.63. The van der Waals surface area contributed by atoms with Crippen LogP contribution in [0.25, 0.3) is 0 Å². The Balaban J connectivity index is 1.60. The Morgan fingerprint density at radius 3 is 2.33 bits per heavy atom. The molecule has 0 bridgehead atoms. The van der Waals surface area contributed by atoms with Crippen LogP contribution in [0.15, 0.2) is 28.7 Å². The van der Waals surface area contributed by atoms with Gasteiger partial charge in [-0.3, -0.25) is 29.0 Å². The first-order valence-corrected chi connectivity index (χ1v) is 14.4. The van der Waals surface area contributed by atoms with Crippen LogP contribution in [0.4, 0.5) is 11.4 Å². The number of aromatic hydroxyl groups is 1. The summed E-state index contributed by atoms with van der Waals surface area (Å²) in [6.45, 7) is 1.71. The number of aliphatic hydroxyl groups excluding tert-OH is 2. The number of phenols is 1. The summed E-state index contributed by atoms with van der Waals surface area (Å²) in [5, 5.41) is 48.3. The number of nitrogens with one attached hydrogen (secondary N) is 1. The van der Waals surface area contributed by atoms with Gasteiger partial charge in [0.15, 0.2) is 17.1 Å². The molecule has 232 valence electrons. The fraction of sp³-hybridized carbons (Fsp3) is 0.533. The van der Waals surface area contributed by atoms with Crippen LogP contribution in [0, 0.1) is 11.8 Å². The molecule has 43 heavy (non-hydrogen) atoms. The number of benzene rings is 1. The van der Waals surface area contributed by atoms with E-state index in [-0.39, 0.29) is 42.1 Å². The minimum absolute atomic E-state index is 0.00624. The van der Waals surface area contributed by atoms with Gasteiger partial charge in [0, 0.05) is 31.3 Å². The highest BCUT2D eigenvalue weighted by Crippen LogP contribution is 2.53. The number of anilines is 2. The van der Waals surface area contributed by atoms with Crippen molar-refractivity contribution in [2.24, 2.45) is 17.6 Å². The zero-order valence-corrected chi connectivity index (χ0v) is 24.8. The molecule has 1 aromatic carbocycles. The first-order chi connectivity index (χ1) is 20.2. The maximum Gasteiger partial charge on any atom is 0.255 e. The number of aliphatic hydroxyl groups is 3. The molecule has 7 N–H and O–H groups in total. The van der Waals surface area contributed by atoms with Crippen molar-refractivity contribution in [3.63, 3.8) is 0 Å². The van der Waals surface area contributed by atoms with Gasteiger partial charge in [-0.05, 0) is 70.4 Å². The van der Waals surface area contributed by atoms with Crippen molar-refractivity contribution in [3.8, 4) is 5.75 Å². The maximum atomic E-state index is 14.1. The molecule has 2 amide bonds. The van der Waals surface area contributed by atoms with Gasteiger partial charge in [0.25, 0.3) is 5.91 Å². The molecule has 1 fully saturated rings. The molecule has 4 aliphatic rings. The van der Waals surface area contributed by atoms with Crippen molar-refractivity contribution < 1.29 is 39.6 Å². The van der Waals surface area contributed by atoms with Gasteiger partial charge in [-0.15, -0.1) is 0 Å². The zero-order valence-electron chi connectivity index (χ0n) is 24.8. The fourth-order valence-corrected chi connectivity index (χ4v) is 7.30. The van der Waals surface area contributed by atoms with Gasteiger partial charge in [-0.1, -0.05) is 6.42 Å². The number of carbonyl (C=O) groups excluding carboxylic acids is 4. The maximum absolute atomic E-state index is 14.1. The van der Waals surface area contributed by atoms with E-state index in [1.165, 1.54) is 4.90 Å². The van der Waals surface area contributed by atoms with E-state index in [0.717, 1.165) is 32.4 Å². The second-order valence-electron chi connectivity index (χ2n) is 12.4. The summed E-state index contributed by atoms with van der Waals surface area (Å²) >= 11 is 0. The number of piperidine rings is 1. The van der Waals surface area contributed by atoms with E-state index in [2.05, 4.69) is 5.32 Å². The Morgan fingerprint density at radius 2 is 1.74 bits per heavy atom. The lowest BCUT2D eigenvalue weighted by molar-refractivity contribution is -0.148. The van der Waals surface area contributed by atoms with Crippen molar-refractivity contribution in [1.29, 1.82) is 0 Å². The highest BCUT2D eigenvalue weighted by molar-refractivity contribution is 6.25. The van der Waals surface area contributed by atoms with E-state index >= 15 is 0 Å². The SMILES string of the molecule is CN(C)c1cc(NC(=O)CN2CCCCC2)c(O)c2c1CC1CC3[C@H](N(C)C)C(O)=C(C(N)=O)C(=O)[C@@]3(O)C(O)=C1C2=O. The van der Waals surface area contributed by atoms with Gasteiger partial charge in [0.2, 0.25) is 11.7 Å². The second-order valence-corrected chi connectivity index (χ2v) is 12.4. The van der Waals surface area contributed by atoms with Crippen molar-refractivity contribution in [2.75, 3.05) is 58.0 Å². The Bertz CT molecular complexity index is 1470. The fourth-order valence-electron chi connectivity index (χ4n) is 7.30. The normalized spacial score (nSPS) is 27.5. The third kappa shape index (κ3) is 4.75. The number of fused-ring (bicyclic) bond motifs is 3. The Kier molecular flexibility index (Phi) is 7.78. The van der Waals surface area contributed by atoms with Crippen molar-refractivity contribution in [1.82, 2.24) is 9.80 Å². The second kappa shape index (κ2) is 11.0. The van der Waals surface area contributed by atoms with Gasteiger partial charge in [-0.25, -0.2) is 0 Å². The number of likely N-dealkylation sites (N-methyl/N-ethyl adjacent to an activating group) is 1. The Morgan fingerprint density at radius 1 is 1.09 bits per heavy atom. The Labute approximate surface area is 249 Å². The molecule has 1 aromatic rings. The summed E-state index contributed by atoms with van der Waals surface area (Å²) in [5.74, 6) is -7.57. The van der Waals surface area contributed by atoms with E-state index in [4.69, 9.17) is 5.73 Å². The van der Waals surface area contributed by atoms with Crippen LogP contribution in [0.3, 0.4) is 0 Å². The molecular weight excluding hydrogens is 558 g/mol. The van der Waals surface area contributed by atoms with Crippen LogP contribution in [-0.2, 0) is 20.8 Å². The number of rotatable bonds is 6. The van der Waals surface area contributed by atoms with Crippen LogP contribution in [0.1, 0.15) is 41.6 Å². The average Bonchev–Trinajstić information content (AvgIpc) is 2.92. The lowest BCUT2D eigenvalue weighted by atomic mass is 9.58. The summed E-state index contributed by atoms with van der Waals surface area (Å²) in [4.78, 5) is 58.0. The first-order valence-electron chi connectivity index (χ1n) is 14.4. The zero-order chi connectivity index (χ0) is 31.5. The summed E-state index contributed by atoms with van der Waals surface area (Å²) < 4.78 is 0. The van der Waals surface area contributed by atoms with E-state index in [1.54, 1.807) is 39.2 Å². The highest BCUT2D eigenvalue weighted by Gasteiger charge is 2.63. The molecule has 13 heteroatoms. The summed E-state index contributed by atoms with van der Waals surface area (Å²) in [6, 6.07) is 0.536. The number of nitrogens with zero attached hydrogens (tertiary/aromatic N) is 3. The summed E-state index contributed by atoms with van der Waals surface area (Å²) in [6.07, 6.45) is 3.25. The van der Waals surface area contributed by atoms with Gasteiger partial charge in [0.1, 0.15) is 17.1 Å². The van der Waals surface area contributed by atoms with E-state index in [1.807, 2.05) is 4.90 Å². The van der Waals surface area contributed by atoms with Gasteiger partial charge in [-0.2, -0.15) is 0 Å². The molecule has 2 unspecified atom stereocenters. The summed E-state index contributed by atoms with van der Waals surface area (Å²) in [5.41, 5.74) is 2.48. The largest absolute Gasteiger partial charge is 0.510 e. The minimum Gasteiger partial charge on any atom is -0.510 e. The molecule has 5 rings (SSSR count). The molecule has 1 heterocycles. The molecule has 1 aliphatic heterocycles. The Hall–Kier alpha value is -3.94.